The molecule has 0 aromatic carbocycles. The Hall–Kier alpha value is -4.90. The molecular formula is C49H82N8O10. The standard InChI is InChI=1S/C49H82N8O10/c1-27(2)22-35-47(65)57-21-17-19-37(57)48(66)54(14)38(23-28(3)4)41(59)26-30(7)44(62)52(12)33(10)40(58)25-31(8)45(63)56-20-16-18-36(56)49(67)55(15)39(24-29(5)6)43(61)50-32(9)46(64)53(13)34(11)42(60)51-35/h27-39H,16-26H2,1-15H3,(H,50,61)(H,51,60)/t30-,31-,32+,33+,34+,35+,36-,37-,38+,39+/m1/s1. The quantitative estimate of drug-likeness (QED) is 0.397. The van der Waals surface area contributed by atoms with E-state index in [-0.39, 0.29) is 68.1 Å². The minimum absolute atomic E-state index is 0.0158. The van der Waals surface area contributed by atoms with Crippen molar-refractivity contribution in [2.75, 3.05) is 41.3 Å². The molecule has 3 rings (SSSR count). The van der Waals surface area contributed by atoms with Crippen molar-refractivity contribution in [2.45, 2.75) is 182 Å². The van der Waals surface area contributed by atoms with Crippen LogP contribution in [0.5, 0.6) is 0 Å². The number of ketones is 2. The van der Waals surface area contributed by atoms with Crippen LogP contribution in [-0.2, 0) is 47.9 Å². The van der Waals surface area contributed by atoms with Gasteiger partial charge in [0.15, 0.2) is 11.6 Å². The summed E-state index contributed by atoms with van der Waals surface area (Å²) in [5.41, 5.74) is 0. The summed E-state index contributed by atoms with van der Waals surface area (Å²) in [4.78, 5) is 149. The molecule has 0 spiro atoms. The Kier molecular flexibility index (Phi) is 20.6. The number of hydrogen-bond acceptors (Lipinski definition) is 10. The van der Waals surface area contributed by atoms with Crippen molar-refractivity contribution in [3.8, 4) is 0 Å². The number of hydrogen-bond donors (Lipinski definition) is 2. The van der Waals surface area contributed by atoms with Crippen molar-refractivity contribution < 1.29 is 47.9 Å². The Balaban J connectivity index is 2.06. The van der Waals surface area contributed by atoms with Crippen molar-refractivity contribution in [1.82, 2.24) is 40.0 Å². The first kappa shape index (κ1) is 56.4. The number of nitrogens with zero attached hydrogens (tertiary/aromatic N) is 6. The van der Waals surface area contributed by atoms with E-state index in [0.29, 0.717) is 32.1 Å². The maximum absolute atomic E-state index is 14.4. The molecule has 0 radical (unpaired) electrons. The van der Waals surface area contributed by atoms with Gasteiger partial charge in [-0.25, -0.2) is 0 Å². The van der Waals surface area contributed by atoms with Crippen LogP contribution in [0.3, 0.4) is 0 Å². The molecule has 3 fully saturated rings. The average molecular weight is 943 g/mol. The zero-order valence-electron chi connectivity index (χ0n) is 43.0. The van der Waals surface area contributed by atoms with Crippen LogP contribution in [-0.4, -0.2) is 178 Å². The van der Waals surface area contributed by atoms with Crippen molar-refractivity contribution in [1.29, 1.82) is 0 Å². The van der Waals surface area contributed by atoms with E-state index in [0.717, 1.165) is 0 Å². The van der Waals surface area contributed by atoms with E-state index in [1.807, 2.05) is 41.5 Å². The summed E-state index contributed by atoms with van der Waals surface area (Å²) in [7, 11) is 5.94. The second kappa shape index (κ2) is 24.4. The lowest BCUT2D eigenvalue weighted by Crippen LogP contribution is -2.59. The fourth-order valence-electron chi connectivity index (χ4n) is 9.54. The summed E-state index contributed by atoms with van der Waals surface area (Å²) < 4.78 is 0. The van der Waals surface area contributed by atoms with Gasteiger partial charge in [0.05, 0.1) is 12.1 Å². The molecule has 3 aliphatic heterocycles. The smallest absolute Gasteiger partial charge is 0.245 e. The third-order valence-electron chi connectivity index (χ3n) is 13.9. The molecule has 0 unspecified atom stereocenters. The molecule has 18 heteroatoms. The molecule has 8 amide bonds. The minimum atomic E-state index is -1.12. The Morgan fingerprint density at radius 3 is 1.40 bits per heavy atom. The minimum Gasteiger partial charge on any atom is -0.343 e. The van der Waals surface area contributed by atoms with E-state index in [9.17, 15) is 47.9 Å². The van der Waals surface area contributed by atoms with E-state index in [1.165, 1.54) is 71.4 Å². The number of likely N-dealkylation sites (N-methyl/N-ethyl adjacent to an activating group) is 4. The van der Waals surface area contributed by atoms with Crippen molar-refractivity contribution >= 4 is 58.8 Å². The fraction of sp³-hybridized carbons (Fsp3) is 0.796. The molecule has 378 valence electrons. The van der Waals surface area contributed by atoms with E-state index in [4.69, 9.17) is 0 Å². The molecule has 67 heavy (non-hydrogen) atoms. The predicted molar refractivity (Wildman–Crippen MR) is 253 cm³/mol. The third kappa shape index (κ3) is 14.1. The summed E-state index contributed by atoms with van der Waals surface area (Å²) in [5, 5.41) is 5.59. The number of rotatable bonds is 6. The first-order valence-corrected chi connectivity index (χ1v) is 24.5. The highest BCUT2D eigenvalue weighted by Gasteiger charge is 2.44. The largest absolute Gasteiger partial charge is 0.343 e. The summed E-state index contributed by atoms with van der Waals surface area (Å²) in [6.45, 7) is 19.7. The van der Waals surface area contributed by atoms with Crippen LogP contribution >= 0.6 is 0 Å². The van der Waals surface area contributed by atoms with Gasteiger partial charge in [-0.2, -0.15) is 0 Å². The Labute approximate surface area is 399 Å². The van der Waals surface area contributed by atoms with Gasteiger partial charge >= 0.3 is 0 Å². The van der Waals surface area contributed by atoms with Gasteiger partial charge in [0, 0.05) is 66.0 Å². The van der Waals surface area contributed by atoms with Gasteiger partial charge in [-0.1, -0.05) is 55.4 Å². The van der Waals surface area contributed by atoms with Crippen molar-refractivity contribution in [2.24, 2.45) is 29.6 Å². The monoisotopic (exact) mass is 943 g/mol. The summed E-state index contributed by atoms with van der Waals surface area (Å²) in [5.74, 6) is -6.52. The van der Waals surface area contributed by atoms with Crippen LogP contribution in [0.25, 0.3) is 0 Å². The summed E-state index contributed by atoms with van der Waals surface area (Å²) in [6.07, 6.45) is 2.09. The second-order valence-corrected chi connectivity index (χ2v) is 20.9. The molecule has 0 aliphatic carbocycles. The van der Waals surface area contributed by atoms with Crippen LogP contribution in [0.15, 0.2) is 0 Å². The Morgan fingerprint density at radius 2 is 0.896 bits per heavy atom. The first-order valence-electron chi connectivity index (χ1n) is 24.5. The van der Waals surface area contributed by atoms with Gasteiger partial charge in [-0.3, -0.25) is 47.9 Å². The summed E-state index contributed by atoms with van der Waals surface area (Å²) >= 11 is 0. The van der Waals surface area contributed by atoms with E-state index in [1.54, 1.807) is 20.8 Å². The van der Waals surface area contributed by atoms with Gasteiger partial charge < -0.3 is 40.0 Å². The molecule has 0 bridgehead atoms. The molecule has 0 aromatic heterocycles. The maximum Gasteiger partial charge on any atom is 0.245 e. The molecule has 3 aliphatic rings. The van der Waals surface area contributed by atoms with Gasteiger partial charge in [0.25, 0.3) is 0 Å². The lowest BCUT2D eigenvalue weighted by molar-refractivity contribution is -0.150. The van der Waals surface area contributed by atoms with Gasteiger partial charge in [0.2, 0.25) is 47.3 Å². The first-order chi connectivity index (χ1) is 31.1. The molecule has 0 saturated carbocycles. The SMILES string of the molecule is CC(C)C[C@@H]1NC(=O)[C@H](C)N(C)C(=O)[C@H](C)NC(=O)[C@H](CC(C)C)N(C)C(=O)[C@H]2CCCN2C(=O)[C@H](C)CC(=O)[C@H](C)N(C)C(=O)[C@H](C)CC(=O)[C@H](CC(C)C)N(C)C(=O)[C@H]2CCCN2C1=O. The summed E-state index contributed by atoms with van der Waals surface area (Å²) in [6, 6.07) is -7.92. The molecule has 10 atom stereocenters. The van der Waals surface area contributed by atoms with Crippen LogP contribution in [0.2, 0.25) is 0 Å². The highest BCUT2D eigenvalue weighted by Crippen LogP contribution is 2.27. The van der Waals surface area contributed by atoms with Crippen LogP contribution in [0.4, 0.5) is 0 Å². The molecule has 18 nitrogen and oxygen atoms in total. The van der Waals surface area contributed by atoms with Crippen molar-refractivity contribution in [3.63, 3.8) is 0 Å². The molecule has 2 N–H and O–H groups in total. The van der Waals surface area contributed by atoms with Crippen molar-refractivity contribution in [3.05, 3.63) is 0 Å². The molecule has 0 aromatic rings. The van der Waals surface area contributed by atoms with Gasteiger partial charge in [-0.05, 0) is 83.5 Å². The van der Waals surface area contributed by atoms with E-state index >= 15 is 0 Å². The number of carbonyl (C=O) groups is 10. The molecule has 3 heterocycles. The lowest BCUT2D eigenvalue weighted by atomic mass is 9.91. The predicted octanol–water partition coefficient (Wildman–Crippen LogP) is 2.65. The molecular weight excluding hydrogens is 861 g/mol. The topological polar surface area (TPSA) is 214 Å². The normalized spacial score (nSPS) is 30.8. The number of nitrogens with one attached hydrogen (secondary N) is 2. The zero-order chi connectivity index (χ0) is 50.9. The zero-order valence-corrected chi connectivity index (χ0v) is 43.0. The fourth-order valence-corrected chi connectivity index (χ4v) is 9.54. The maximum atomic E-state index is 14.4. The number of amides is 8. The van der Waals surface area contributed by atoms with E-state index < -0.39 is 107 Å². The Bertz CT molecular complexity index is 1850. The Morgan fingerprint density at radius 1 is 0.463 bits per heavy atom. The van der Waals surface area contributed by atoms with Gasteiger partial charge in [0.1, 0.15) is 36.3 Å². The lowest BCUT2D eigenvalue weighted by Gasteiger charge is -2.36. The number of carbonyl (C=O) groups excluding carboxylic acids is 10. The van der Waals surface area contributed by atoms with Crippen LogP contribution < -0.4 is 10.6 Å². The van der Waals surface area contributed by atoms with Gasteiger partial charge in [-0.15, -0.1) is 0 Å². The number of Topliss-reactive ketones (excluding diaryl/α,β-unsaturated/α-hetero) is 2. The number of fused-ring (bicyclic) bond motifs is 2. The third-order valence-corrected chi connectivity index (χ3v) is 13.9. The highest BCUT2D eigenvalue weighted by atomic mass is 16.2. The van der Waals surface area contributed by atoms with Crippen LogP contribution in [0.1, 0.15) is 134 Å². The van der Waals surface area contributed by atoms with E-state index in [2.05, 4.69) is 10.6 Å². The second-order valence-electron chi connectivity index (χ2n) is 20.9. The average Bonchev–Trinajstić information content (AvgIpc) is 3.97. The molecule has 3 saturated heterocycles. The highest BCUT2D eigenvalue weighted by molar-refractivity contribution is 5.99. The van der Waals surface area contributed by atoms with Crippen LogP contribution in [0, 0.1) is 29.6 Å².